The summed E-state index contributed by atoms with van der Waals surface area (Å²) >= 11 is 0. The van der Waals surface area contributed by atoms with Crippen molar-refractivity contribution >= 4 is 17.4 Å². The highest BCUT2D eigenvalue weighted by molar-refractivity contribution is 6.04. The molecular formula is C14H13F2N3O. The molecule has 1 heterocycles. The van der Waals surface area contributed by atoms with Crippen LogP contribution < -0.4 is 10.6 Å². The molecule has 2 aromatic rings. The fourth-order valence-electron chi connectivity index (χ4n) is 1.74. The van der Waals surface area contributed by atoms with Crippen molar-refractivity contribution in [2.75, 3.05) is 17.7 Å². The molecule has 104 valence electrons. The molecule has 0 bridgehead atoms. The monoisotopic (exact) mass is 277 g/mol. The van der Waals surface area contributed by atoms with E-state index in [-0.39, 0.29) is 11.3 Å². The summed E-state index contributed by atoms with van der Waals surface area (Å²) in [4.78, 5) is 15.9. The molecule has 0 aliphatic heterocycles. The molecule has 0 saturated carbocycles. The number of carbonyl (C=O) groups excluding carboxylic acids is 1. The number of anilines is 2. The highest BCUT2D eigenvalue weighted by Crippen LogP contribution is 2.20. The molecule has 0 fully saturated rings. The number of benzene rings is 1. The van der Waals surface area contributed by atoms with Gasteiger partial charge < -0.3 is 10.6 Å². The largest absolute Gasteiger partial charge is 0.383 e. The number of nitrogens with one attached hydrogen (secondary N) is 2. The molecule has 2 N–H and O–H groups in total. The number of pyridine rings is 1. The van der Waals surface area contributed by atoms with Gasteiger partial charge in [-0.25, -0.2) is 13.8 Å². The predicted molar refractivity (Wildman–Crippen MR) is 72.8 cm³/mol. The van der Waals surface area contributed by atoms with E-state index >= 15 is 0 Å². The zero-order chi connectivity index (χ0) is 14.7. The SMILES string of the molecule is CNc1c(F)cc(C(=O)Nc2cc(C)ccn2)cc1F. The van der Waals surface area contributed by atoms with Crippen molar-refractivity contribution in [2.45, 2.75) is 6.92 Å². The van der Waals surface area contributed by atoms with Crippen molar-refractivity contribution in [3.05, 3.63) is 53.2 Å². The van der Waals surface area contributed by atoms with E-state index in [2.05, 4.69) is 15.6 Å². The number of nitrogens with zero attached hydrogens (tertiary/aromatic N) is 1. The zero-order valence-electron chi connectivity index (χ0n) is 11.0. The van der Waals surface area contributed by atoms with Gasteiger partial charge in [-0.3, -0.25) is 4.79 Å². The molecule has 6 heteroatoms. The van der Waals surface area contributed by atoms with E-state index in [0.717, 1.165) is 17.7 Å². The molecule has 0 saturated heterocycles. The fraction of sp³-hybridized carbons (Fsp3) is 0.143. The van der Waals surface area contributed by atoms with Gasteiger partial charge in [-0.05, 0) is 36.8 Å². The minimum Gasteiger partial charge on any atom is -0.383 e. The first-order valence-corrected chi connectivity index (χ1v) is 5.92. The number of rotatable bonds is 3. The van der Waals surface area contributed by atoms with E-state index in [0.29, 0.717) is 5.82 Å². The Bertz CT molecular complexity index is 636. The molecule has 0 atom stereocenters. The number of amides is 1. The smallest absolute Gasteiger partial charge is 0.257 e. The summed E-state index contributed by atoms with van der Waals surface area (Å²) in [6, 6.07) is 5.38. The molecule has 0 aliphatic rings. The van der Waals surface area contributed by atoms with Crippen LogP contribution in [0.1, 0.15) is 15.9 Å². The average Bonchev–Trinajstić information content (AvgIpc) is 2.38. The van der Waals surface area contributed by atoms with Crippen LogP contribution in [0.25, 0.3) is 0 Å². The summed E-state index contributed by atoms with van der Waals surface area (Å²) in [6.07, 6.45) is 1.54. The van der Waals surface area contributed by atoms with Gasteiger partial charge in [0.15, 0.2) is 0 Å². The third kappa shape index (κ3) is 2.90. The Hall–Kier alpha value is -2.50. The average molecular weight is 277 g/mol. The number of aryl methyl sites for hydroxylation is 1. The topological polar surface area (TPSA) is 54.0 Å². The van der Waals surface area contributed by atoms with Gasteiger partial charge in [-0.2, -0.15) is 0 Å². The van der Waals surface area contributed by atoms with Crippen molar-refractivity contribution in [2.24, 2.45) is 0 Å². The lowest BCUT2D eigenvalue weighted by Crippen LogP contribution is -2.14. The Morgan fingerprint density at radius 3 is 2.40 bits per heavy atom. The van der Waals surface area contributed by atoms with Crippen LogP contribution in [0, 0.1) is 18.6 Å². The quantitative estimate of drug-likeness (QED) is 0.907. The van der Waals surface area contributed by atoms with Gasteiger partial charge in [0.1, 0.15) is 23.1 Å². The Morgan fingerprint density at radius 1 is 1.20 bits per heavy atom. The zero-order valence-corrected chi connectivity index (χ0v) is 11.0. The molecule has 0 unspecified atom stereocenters. The van der Waals surface area contributed by atoms with Gasteiger partial charge in [0, 0.05) is 18.8 Å². The second-order valence-corrected chi connectivity index (χ2v) is 4.24. The van der Waals surface area contributed by atoms with E-state index in [9.17, 15) is 13.6 Å². The van der Waals surface area contributed by atoms with E-state index in [4.69, 9.17) is 0 Å². The molecule has 2 rings (SSSR count). The Morgan fingerprint density at radius 2 is 1.85 bits per heavy atom. The van der Waals surface area contributed by atoms with E-state index in [1.807, 2.05) is 6.92 Å². The van der Waals surface area contributed by atoms with Crippen molar-refractivity contribution in [1.82, 2.24) is 4.98 Å². The number of aromatic nitrogens is 1. The lowest BCUT2D eigenvalue weighted by atomic mass is 10.1. The van der Waals surface area contributed by atoms with Crippen LogP contribution >= 0.6 is 0 Å². The molecule has 0 spiro atoms. The molecular weight excluding hydrogens is 264 g/mol. The normalized spacial score (nSPS) is 10.2. The van der Waals surface area contributed by atoms with Crippen molar-refractivity contribution in [3.63, 3.8) is 0 Å². The van der Waals surface area contributed by atoms with Gasteiger partial charge in [0.25, 0.3) is 5.91 Å². The van der Waals surface area contributed by atoms with Crippen molar-refractivity contribution in [3.8, 4) is 0 Å². The van der Waals surface area contributed by atoms with Crippen LogP contribution in [0.4, 0.5) is 20.3 Å². The summed E-state index contributed by atoms with van der Waals surface area (Å²) in [5.74, 6) is -1.94. The van der Waals surface area contributed by atoms with E-state index < -0.39 is 17.5 Å². The number of halogens is 2. The van der Waals surface area contributed by atoms with Crippen LogP contribution in [-0.2, 0) is 0 Å². The van der Waals surface area contributed by atoms with Crippen molar-refractivity contribution in [1.29, 1.82) is 0 Å². The Balaban J connectivity index is 2.26. The summed E-state index contributed by atoms with van der Waals surface area (Å²) in [7, 11) is 1.40. The Kier molecular flexibility index (Phi) is 3.93. The molecule has 4 nitrogen and oxygen atoms in total. The van der Waals surface area contributed by atoms with Crippen molar-refractivity contribution < 1.29 is 13.6 Å². The third-order valence-electron chi connectivity index (χ3n) is 2.71. The first-order valence-electron chi connectivity index (χ1n) is 5.92. The second kappa shape index (κ2) is 5.64. The van der Waals surface area contributed by atoms with Crippen LogP contribution in [0.2, 0.25) is 0 Å². The number of carbonyl (C=O) groups is 1. The van der Waals surface area contributed by atoms with Gasteiger partial charge in [-0.15, -0.1) is 0 Å². The van der Waals surface area contributed by atoms with Crippen LogP contribution in [0.15, 0.2) is 30.5 Å². The van der Waals surface area contributed by atoms with Gasteiger partial charge >= 0.3 is 0 Å². The van der Waals surface area contributed by atoms with E-state index in [1.165, 1.54) is 13.2 Å². The van der Waals surface area contributed by atoms with Crippen LogP contribution in [0.5, 0.6) is 0 Å². The predicted octanol–water partition coefficient (Wildman–Crippen LogP) is 2.96. The first-order chi connectivity index (χ1) is 9.51. The number of hydrogen-bond acceptors (Lipinski definition) is 3. The summed E-state index contributed by atoms with van der Waals surface area (Å²) < 4.78 is 27.2. The maximum Gasteiger partial charge on any atom is 0.257 e. The third-order valence-corrected chi connectivity index (χ3v) is 2.71. The maximum absolute atomic E-state index is 13.6. The summed E-state index contributed by atoms with van der Waals surface area (Å²) in [5, 5.41) is 4.88. The second-order valence-electron chi connectivity index (χ2n) is 4.24. The maximum atomic E-state index is 13.6. The first kappa shape index (κ1) is 13.9. The van der Waals surface area contributed by atoms with E-state index in [1.54, 1.807) is 12.1 Å². The molecule has 1 aromatic heterocycles. The molecule has 0 aliphatic carbocycles. The lowest BCUT2D eigenvalue weighted by Gasteiger charge is -2.08. The molecule has 20 heavy (non-hydrogen) atoms. The van der Waals surface area contributed by atoms with Gasteiger partial charge in [-0.1, -0.05) is 0 Å². The fourth-order valence-corrected chi connectivity index (χ4v) is 1.74. The standard InChI is InChI=1S/C14H13F2N3O/c1-8-3-4-18-12(5-8)19-14(20)9-6-10(15)13(17-2)11(16)7-9/h3-7,17H,1-2H3,(H,18,19,20). The highest BCUT2D eigenvalue weighted by Gasteiger charge is 2.14. The van der Waals surface area contributed by atoms with Crippen LogP contribution in [-0.4, -0.2) is 17.9 Å². The highest BCUT2D eigenvalue weighted by atomic mass is 19.1. The van der Waals surface area contributed by atoms with Gasteiger partial charge in [0.05, 0.1) is 0 Å². The number of hydrogen-bond donors (Lipinski definition) is 2. The minimum atomic E-state index is -0.824. The lowest BCUT2D eigenvalue weighted by molar-refractivity contribution is 0.102. The van der Waals surface area contributed by atoms with Gasteiger partial charge in [0.2, 0.25) is 0 Å². The minimum absolute atomic E-state index is 0.109. The summed E-state index contributed by atoms with van der Waals surface area (Å²) in [5.41, 5.74) is 0.538. The molecule has 1 amide bonds. The summed E-state index contributed by atoms with van der Waals surface area (Å²) in [6.45, 7) is 1.85. The molecule has 1 aromatic carbocycles. The molecule has 0 radical (unpaired) electrons. The van der Waals surface area contributed by atoms with Crippen LogP contribution in [0.3, 0.4) is 0 Å². The Labute approximate surface area is 114 Å².